The van der Waals surface area contributed by atoms with Crippen LogP contribution in [0.2, 0.25) is 0 Å². The molecule has 2 amide bonds. The Labute approximate surface area is 260 Å². The predicted molar refractivity (Wildman–Crippen MR) is 171 cm³/mol. The molecule has 8 nitrogen and oxygen atoms in total. The number of likely N-dealkylation sites (tertiary alicyclic amines) is 1. The van der Waals surface area contributed by atoms with Gasteiger partial charge in [-0.1, -0.05) is 48.5 Å². The molecule has 2 saturated heterocycles. The minimum atomic E-state index is -0.606. The first-order chi connectivity index (χ1) is 21.1. The minimum absolute atomic E-state index is 0.0882. The second kappa shape index (κ2) is 12.1. The lowest BCUT2D eigenvalue weighted by Gasteiger charge is -2.43. The standard InChI is InChI=1S/C36H42N4O4/c1-35(2,3)44-33(42)27-12-9-11-26(23-27)24-39-25-40(28-13-5-4-6-14-28)36(34(39)43)18-21-38(22-19-36)20-10-16-30-29-15-7-8-17-31(29)37-32(30)41/h4-9,11-15,17,23,30H,10,16,18-22,24-25H2,1-3H3,(H,37,41). The van der Waals surface area contributed by atoms with E-state index in [1.54, 1.807) is 6.07 Å². The van der Waals surface area contributed by atoms with E-state index in [1.807, 2.05) is 86.3 Å². The molecule has 3 heterocycles. The number of nitrogens with one attached hydrogen (secondary N) is 1. The third-order valence-electron chi connectivity index (χ3n) is 9.08. The van der Waals surface area contributed by atoms with Crippen LogP contribution in [0.15, 0.2) is 78.9 Å². The molecule has 1 spiro atoms. The van der Waals surface area contributed by atoms with Gasteiger partial charge in [0.15, 0.2) is 0 Å². The fraction of sp³-hybridized carbons (Fsp3) is 0.417. The molecule has 2 fully saturated rings. The number of nitrogens with zero attached hydrogens (tertiary/aromatic N) is 3. The van der Waals surface area contributed by atoms with Gasteiger partial charge < -0.3 is 24.8 Å². The Kier molecular flexibility index (Phi) is 8.20. The normalized spacial score (nSPS) is 19.8. The minimum Gasteiger partial charge on any atom is -0.456 e. The summed E-state index contributed by atoms with van der Waals surface area (Å²) >= 11 is 0. The molecule has 1 atom stereocenters. The van der Waals surface area contributed by atoms with Crippen molar-refractivity contribution in [2.45, 2.75) is 70.1 Å². The van der Waals surface area contributed by atoms with E-state index in [0.29, 0.717) is 18.8 Å². The molecule has 0 aromatic heterocycles. The van der Waals surface area contributed by atoms with Gasteiger partial charge in [0, 0.05) is 31.0 Å². The van der Waals surface area contributed by atoms with Crippen molar-refractivity contribution >= 4 is 29.2 Å². The molecule has 8 heteroatoms. The highest BCUT2D eigenvalue weighted by atomic mass is 16.6. The molecule has 1 N–H and O–H groups in total. The first kappa shape index (κ1) is 29.9. The number of esters is 1. The molecule has 3 aromatic rings. The number of fused-ring (bicyclic) bond motifs is 1. The van der Waals surface area contributed by atoms with Crippen LogP contribution in [0.4, 0.5) is 11.4 Å². The van der Waals surface area contributed by atoms with Gasteiger partial charge in [0.1, 0.15) is 11.1 Å². The number of amides is 2. The van der Waals surface area contributed by atoms with Gasteiger partial charge in [-0.25, -0.2) is 4.79 Å². The first-order valence-corrected chi connectivity index (χ1v) is 15.7. The van der Waals surface area contributed by atoms with Gasteiger partial charge in [-0.15, -0.1) is 0 Å². The molecule has 3 aliphatic heterocycles. The Bertz CT molecular complexity index is 1520. The lowest BCUT2D eigenvalue weighted by atomic mass is 9.85. The van der Waals surface area contributed by atoms with Crippen LogP contribution < -0.4 is 10.2 Å². The number of rotatable bonds is 8. The molecular formula is C36H42N4O4. The molecule has 0 saturated carbocycles. The number of benzene rings is 3. The number of carbonyl (C=O) groups is 3. The zero-order valence-corrected chi connectivity index (χ0v) is 25.9. The number of piperidine rings is 1. The van der Waals surface area contributed by atoms with Crippen molar-refractivity contribution < 1.29 is 19.1 Å². The maximum Gasteiger partial charge on any atom is 0.338 e. The topological polar surface area (TPSA) is 82.2 Å². The molecule has 3 aliphatic rings. The maximum absolute atomic E-state index is 14.3. The molecule has 0 bridgehead atoms. The van der Waals surface area contributed by atoms with Gasteiger partial charge in [-0.3, -0.25) is 9.59 Å². The molecule has 3 aromatic carbocycles. The van der Waals surface area contributed by atoms with E-state index < -0.39 is 11.1 Å². The number of anilines is 2. The molecule has 0 aliphatic carbocycles. The summed E-state index contributed by atoms with van der Waals surface area (Å²) in [6, 6.07) is 25.6. The quantitative estimate of drug-likeness (QED) is 0.332. The Morgan fingerprint density at radius 3 is 2.43 bits per heavy atom. The van der Waals surface area contributed by atoms with Crippen LogP contribution in [0.5, 0.6) is 0 Å². The average molecular weight is 595 g/mol. The van der Waals surface area contributed by atoms with Crippen LogP contribution in [0.25, 0.3) is 0 Å². The van der Waals surface area contributed by atoms with Crippen molar-refractivity contribution in [3.05, 3.63) is 95.6 Å². The summed E-state index contributed by atoms with van der Waals surface area (Å²) in [5.74, 6) is -0.215. The van der Waals surface area contributed by atoms with Crippen LogP contribution in [-0.2, 0) is 20.9 Å². The van der Waals surface area contributed by atoms with Crippen molar-refractivity contribution in [1.82, 2.24) is 9.80 Å². The van der Waals surface area contributed by atoms with Gasteiger partial charge in [0.05, 0.1) is 18.2 Å². The van der Waals surface area contributed by atoms with Crippen LogP contribution >= 0.6 is 0 Å². The summed E-state index contributed by atoms with van der Waals surface area (Å²) in [6.07, 6.45) is 3.22. The summed E-state index contributed by atoms with van der Waals surface area (Å²) in [5.41, 5.74) is 3.29. The second-order valence-electron chi connectivity index (χ2n) is 13.3. The SMILES string of the molecule is CC(C)(C)OC(=O)c1cccc(CN2CN(c3ccccc3)C3(CCN(CCCC4C(=O)Nc5ccccc54)CC3)C2=O)c1. The largest absolute Gasteiger partial charge is 0.456 e. The lowest BCUT2D eigenvalue weighted by molar-refractivity contribution is -0.134. The zero-order valence-electron chi connectivity index (χ0n) is 25.9. The summed E-state index contributed by atoms with van der Waals surface area (Å²) in [7, 11) is 0. The molecular weight excluding hydrogens is 552 g/mol. The van der Waals surface area contributed by atoms with Gasteiger partial charge in [0.25, 0.3) is 0 Å². The van der Waals surface area contributed by atoms with Gasteiger partial charge in [-0.05, 0) is 94.5 Å². The van der Waals surface area contributed by atoms with Crippen molar-refractivity contribution in [3.63, 3.8) is 0 Å². The van der Waals surface area contributed by atoms with E-state index >= 15 is 0 Å². The Balaban J connectivity index is 1.12. The maximum atomic E-state index is 14.3. The van der Waals surface area contributed by atoms with Crippen LogP contribution in [0, 0.1) is 0 Å². The van der Waals surface area contributed by atoms with E-state index in [-0.39, 0.29) is 23.7 Å². The van der Waals surface area contributed by atoms with Crippen LogP contribution in [0.1, 0.15) is 73.9 Å². The number of hydrogen-bond acceptors (Lipinski definition) is 6. The Hall–Kier alpha value is -4.17. The van der Waals surface area contributed by atoms with Crippen LogP contribution in [0.3, 0.4) is 0 Å². The summed E-state index contributed by atoms with van der Waals surface area (Å²) < 4.78 is 5.57. The van der Waals surface area contributed by atoms with E-state index in [9.17, 15) is 14.4 Å². The second-order valence-corrected chi connectivity index (χ2v) is 13.3. The van der Waals surface area contributed by atoms with Crippen molar-refractivity contribution in [2.75, 3.05) is 36.5 Å². The Morgan fingerprint density at radius 1 is 0.955 bits per heavy atom. The monoisotopic (exact) mass is 594 g/mol. The van der Waals surface area contributed by atoms with Gasteiger partial charge >= 0.3 is 5.97 Å². The third kappa shape index (κ3) is 6.09. The first-order valence-electron chi connectivity index (χ1n) is 15.7. The molecule has 0 radical (unpaired) electrons. The molecule has 230 valence electrons. The third-order valence-corrected chi connectivity index (χ3v) is 9.08. The Morgan fingerprint density at radius 2 is 1.68 bits per heavy atom. The fourth-order valence-electron chi connectivity index (χ4n) is 6.90. The van der Waals surface area contributed by atoms with Crippen LogP contribution in [-0.4, -0.2) is 65.0 Å². The summed E-state index contributed by atoms with van der Waals surface area (Å²) in [6.45, 7) is 9.04. The van der Waals surface area contributed by atoms with Gasteiger partial charge in [0.2, 0.25) is 11.8 Å². The molecule has 1 unspecified atom stereocenters. The van der Waals surface area contributed by atoms with Crippen molar-refractivity contribution in [3.8, 4) is 0 Å². The van der Waals surface area contributed by atoms with E-state index in [4.69, 9.17) is 4.74 Å². The molecule has 6 rings (SSSR count). The van der Waals surface area contributed by atoms with E-state index in [1.165, 1.54) is 0 Å². The molecule has 44 heavy (non-hydrogen) atoms. The number of carbonyl (C=O) groups excluding carboxylic acids is 3. The number of hydrogen-bond donors (Lipinski definition) is 1. The number of ether oxygens (including phenoxy) is 1. The van der Waals surface area contributed by atoms with Crippen molar-refractivity contribution in [1.29, 1.82) is 0 Å². The predicted octanol–water partition coefficient (Wildman–Crippen LogP) is 5.80. The smallest absolute Gasteiger partial charge is 0.338 e. The highest BCUT2D eigenvalue weighted by Gasteiger charge is 2.53. The highest BCUT2D eigenvalue weighted by molar-refractivity contribution is 6.02. The summed E-state index contributed by atoms with van der Waals surface area (Å²) in [4.78, 5) is 46.2. The fourth-order valence-corrected chi connectivity index (χ4v) is 6.90. The summed E-state index contributed by atoms with van der Waals surface area (Å²) in [5, 5.41) is 3.01. The highest BCUT2D eigenvalue weighted by Crippen LogP contribution is 2.40. The van der Waals surface area contributed by atoms with E-state index in [2.05, 4.69) is 27.2 Å². The van der Waals surface area contributed by atoms with Crippen molar-refractivity contribution in [2.24, 2.45) is 0 Å². The zero-order chi connectivity index (χ0) is 30.9. The lowest BCUT2D eigenvalue weighted by Crippen LogP contribution is -2.56. The van der Waals surface area contributed by atoms with Gasteiger partial charge in [-0.2, -0.15) is 0 Å². The van der Waals surface area contributed by atoms with E-state index in [0.717, 1.165) is 67.8 Å². The number of para-hydroxylation sites is 2. The average Bonchev–Trinajstić information content (AvgIpc) is 3.46.